The minimum absolute atomic E-state index is 0.0119. The highest BCUT2D eigenvalue weighted by Crippen LogP contribution is 2.47. The molecule has 2 heterocycles. The molecular formula is C20H23N2O5+. The van der Waals surface area contributed by atoms with Crippen molar-refractivity contribution in [1.29, 1.82) is 0 Å². The van der Waals surface area contributed by atoms with Crippen molar-refractivity contribution in [2.45, 2.75) is 12.6 Å². The minimum Gasteiger partial charge on any atom is -0.492 e. The van der Waals surface area contributed by atoms with Crippen LogP contribution in [0.5, 0.6) is 17.2 Å². The number of nitrogens with one attached hydrogen (secondary N) is 2. The Morgan fingerprint density at radius 1 is 1.22 bits per heavy atom. The summed E-state index contributed by atoms with van der Waals surface area (Å²) in [5.74, 6) is 1.79. The van der Waals surface area contributed by atoms with E-state index >= 15 is 0 Å². The van der Waals surface area contributed by atoms with E-state index in [-0.39, 0.29) is 18.9 Å². The predicted molar refractivity (Wildman–Crippen MR) is 98.7 cm³/mol. The van der Waals surface area contributed by atoms with E-state index in [2.05, 4.69) is 18.4 Å². The number of carbonyl (C=O) groups excluding carboxylic acids is 1. The second-order valence-electron chi connectivity index (χ2n) is 6.71. The number of hydrogen-bond donors (Lipinski definition) is 2. The highest BCUT2D eigenvalue weighted by molar-refractivity contribution is 5.89. The molecule has 2 aromatic rings. The number of carbonyl (C=O) groups is 1. The number of hydrogen-bond acceptors (Lipinski definition) is 6. The van der Waals surface area contributed by atoms with Crippen LogP contribution in [-0.2, 0) is 11.2 Å². The topological polar surface area (TPSA) is 70.5 Å². The van der Waals surface area contributed by atoms with Crippen LogP contribution in [0.4, 0.5) is 5.69 Å². The molecule has 1 unspecified atom stereocenters. The van der Waals surface area contributed by atoms with Crippen LogP contribution in [0, 0.1) is 0 Å². The molecule has 2 aliphatic heterocycles. The third-order valence-corrected chi connectivity index (χ3v) is 5.13. The smallest absolute Gasteiger partial charge is 0.337 e. The quantitative estimate of drug-likeness (QED) is 0.792. The van der Waals surface area contributed by atoms with Crippen molar-refractivity contribution in [3.8, 4) is 17.2 Å². The Morgan fingerprint density at radius 2 is 2.00 bits per heavy atom. The molecule has 0 aromatic heterocycles. The Balaban J connectivity index is 1.69. The van der Waals surface area contributed by atoms with Crippen molar-refractivity contribution < 1.29 is 28.6 Å². The van der Waals surface area contributed by atoms with Gasteiger partial charge in [-0.15, -0.1) is 0 Å². The standard InChI is InChI=1S/C20H22N2O5/c1-22-9-8-13-10-15-17(27-11-26-15)18(24-2)16(13)19(22)21-14-6-4-12(5-7-14)20(23)25-3/h4-7,10,19,21H,8-9,11H2,1-3H3/p+1/t19-/m1/s1. The Morgan fingerprint density at radius 3 is 2.70 bits per heavy atom. The molecule has 2 aliphatic rings. The summed E-state index contributed by atoms with van der Waals surface area (Å²) in [6.07, 6.45) is 0.926. The average Bonchev–Trinajstić information content (AvgIpc) is 3.16. The van der Waals surface area contributed by atoms with Gasteiger partial charge in [0.1, 0.15) is 0 Å². The predicted octanol–water partition coefficient (Wildman–Crippen LogP) is 1.39. The Labute approximate surface area is 157 Å². The zero-order chi connectivity index (χ0) is 19.0. The summed E-state index contributed by atoms with van der Waals surface area (Å²) in [6.45, 7) is 1.19. The first-order valence-electron chi connectivity index (χ1n) is 8.89. The van der Waals surface area contributed by atoms with E-state index in [9.17, 15) is 4.79 Å². The van der Waals surface area contributed by atoms with Gasteiger partial charge in [0.25, 0.3) is 0 Å². The number of anilines is 1. The number of ether oxygens (including phenoxy) is 4. The third kappa shape index (κ3) is 3.04. The molecule has 0 saturated heterocycles. The number of rotatable bonds is 4. The van der Waals surface area contributed by atoms with Crippen molar-refractivity contribution in [2.75, 3.05) is 39.9 Å². The van der Waals surface area contributed by atoms with Crippen molar-refractivity contribution in [2.24, 2.45) is 0 Å². The van der Waals surface area contributed by atoms with Gasteiger partial charge in [0.05, 0.1) is 38.9 Å². The van der Waals surface area contributed by atoms with Crippen LogP contribution in [0.3, 0.4) is 0 Å². The van der Waals surface area contributed by atoms with Crippen molar-refractivity contribution in [3.05, 3.63) is 47.0 Å². The van der Waals surface area contributed by atoms with Gasteiger partial charge in [-0.3, -0.25) is 0 Å². The fourth-order valence-electron chi connectivity index (χ4n) is 3.71. The normalized spacial score (nSPS) is 20.0. The molecule has 0 spiro atoms. The molecule has 0 aliphatic carbocycles. The molecule has 0 saturated carbocycles. The van der Waals surface area contributed by atoms with Gasteiger partial charge in [0.15, 0.2) is 17.7 Å². The average molecular weight is 371 g/mol. The summed E-state index contributed by atoms with van der Waals surface area (Å²) in [7, 11) is 5.18. The molecule has 27 heavy (non-hydrogen) atoms. The second kappa shape index (κ2) is 7.00. The number of likely N-dealkylation sites (N-methyl/N-ethyl adjacent to an activating group) is 1. The van der Waals surface area contributed by atoms with Gasteiger partial charge in [0, 0.05) is 12.1 Å². The van der Waals surface area contributed by atoms with E-state index < -0.39 is 0 Å². The maximum atomic E-state index is 11.6. The Hall–Kier alpha value is -2.93. The zero-order valence-corrected chi connectivity index (χ0v) is 15.6. The van der Waals surface area contributed by atoms with Crippen molar-refractivity contribution in [3.63, 3.8) is 0 Å². The van der Waals surface area contributed by atoms with Gasteiger partial charge in [-0.05, 0) is 35.9 Å². The molecule has 0 bridgehead atoms. The first kappa shape index (κ1) is 17.5. The van der Waals surface area contributed by atoms with E-state index in [1.165, 1.54) is 17.6 Å². The molecular weight excluding hydrogens is 348 g/mol. The lowest BCUT2D eigenvalue weighted by Gasteiger charge is -2.33. The summed E-state index contributed by atoms with van der Waals surface area (Å²) >= 11 is 0. The lowest BCUT2D eigenvalue weighted by Crippen LogP contribution is -3.11. The van der Waals surface area contributed by atoms with E-state index in [0.29, 0.717) is 11.3 Å². The number of quaternary nitrogens is 1. The first-order chi connectivity index (χ1) is 13.1. The van der Waals surface area contributed by atoms with Gasteiger partial charge in [0.2, 0.25) is 12.5 Å². The van der Waals surface area contributed by atoms with Crippen LogP contribution < -0.4 is 24.4 Å². The largest absolute Gasteiger partial charge is 0.492 e. The molecule has 0 radical (unpaired) electrons. The first-order valence-corrected chi connectivity index (χ1v) is 8.89. The number of methoxy groups -OCH3 is 2. The fraction of sp³-hybridized carbons (Fsp3) is 0.350. The minimum atomic E-state index is -0.346. The summed E-state index contributed by atoms with van der Waals surface area (Å²) < 4.78 is 21.7. The molecule has 2 aromatic carbocycles. The molecule has 4 rings (SSSR count). The Kier molecular flexibility index (Phi) is 4.53. The lowest BCUT2D eigenvalue weighted by molar-refractivity contribution is -0.910. The van der Waals surface area contributed by atoms with Crippen LogP contribution in [0.1, 0.15) is 27.7 Å². The summed E-state index contributed by atoms with van der Waals surface area (Å²) in [6, 6.07) is 9.33. The monoisotopic (exact) mass is 371 g/mol. The van der Waals surface area contributed by atoms with Crippen LogP contribution in [-0.4, -0.2) is 40.6 Å². The number of benzene rings is 2. The maximum Gasteiger partial charge on any atom is 0.337 e. The fourth-order valence-corrected chi connectivity index (χ4v) is 3.71. The second-order valence-corrected chi connectivity index (χ2v) is 6.71. The van der Waals surface area contributed by atoms with E-state index in [4.69, 9.17) is 18.9 Å². The van der Waals surface area contributed by atoms with Gasteiger partial charge < -0.3 is 29.2 Å². The van der Waals surface area contributed by atoms with Crippen molar-refractivity contribution >= 4 is 11.7 Å². The van der Waals surface area contributed by atoms with Gasteiger partial charge >= 0.3 is 5.97 Å². The maximum absolute atomic E-state index is 11.6. The molecule has 2 atom stereocenters. The van der Waals surface area contributed by atoms with Crippen LogP contribution >= 0.6 is 0 Å². The lowest BCUT2D eigenvalue weighted by atomic mass is 9.94. The summed E-state index contributed by atoms with van der Waals surface area (Å²) in [5.41, 5.74) is 3.72. The van der Waals surface area contributed by atoms with Crippen LogP contribution in [0.25, 0.3) is 0 Å². The Bertz CT molecular complexity index is 866. The van der Waals surface area contributed by atoms with Crippen LogP contribution in [0.2, 0.25) is 0 Å². The highest BCUT2D eigenvalue weighted by atomic mass is 16.7. The van der Waals surface area contributed by atoms with Gasteiger partial charge in [-0.2, -0.15) is 0 Å². The van der Waals surface area contributed by atoms with Crippen molar-refractivity contribution in [1.82, 2.24) is 0 Å². The van der Waals surface area contributed by atoms with E-state index in [1.54, 1.807) is 19.2 Å². The molecule has 7 heteroatoms. The molecule has 2 N–H and O–H groups in total. The van der Waals surface area contributed by atoms with Gasteiger partial charge in [-0.25, -0.2) is 4.79 Å². The SMILES string of the molecule is COC(=O)c1ccc(N[C@H]2c3c(cc4c(c3OC)OCO4)CC[NH+]2C)cc1. The molecule has 0 fully saturated rings. The molecule has 0 amide bonds. The number of esters is 1. The summed E-state index contributed by atoms with van der Waals surface area (Å²) in [5, 5.41) is 3.57. The van der Waals surface area contributed by atoms with E-state index in [1.807, 2.05) is 12.1 Å². The van der Waals surface area contributed by atoms with Gasteiger partial charge in [-0.1, -0.05) is 0 Å². The molecule has 7 nitrogen and oxygen atoms in total. The third-order valence-electron chi connectivity index (χ3n) is 5.13. The van der Waals surface area contributed by atoms with E-state index in [0.717, 1.165) is 35.7 Å². The molecule has 142 valence electrons. The van der Waals surface area contributed by atoms with Crippen LogP contribution in [0.15, 0.2) is 30.3 Å². The highest BCUT2D eigenvalue weighted by Gasteiger charge is 2.36. The number of fused-ring (bicyclic) bond motifs is 2. The zero-order valence-electron chi connectivity index (χ0n) is 15.6. The summed E-state index contributed by atoms with van der Waals surface area (Å²) in [4.78, 5) is 12.9.